The van der Waals surface area contributed by atoms with Crippen LogP contribution < -0.4 is 0 Å². The summed E-state index contributed by atoms with van der Waals surface area (Å²) in [5, 5.41) is -0.678. The SMILES string of the molecule is CC/C=C\C/C=C\C/C=C\C/C=C\C/C=C\CCCCSCC(SCCCC/C=C\C/C=C\C/C=C\C/C=C\C/C=C\CC)C(=O)OCC(COC(=O)C(CC)SCCCC/C=C\C/C=C\C/C=C\C/C=C\C/C=C\CC)OC(=O)C(C)CC. The summed E-state index contributed by atoms with van der Waals surface area (Å²) in [6, 6.07) is 0. The predicted molar refractivity (Wildman–Crippen MR) is 376 cm³/mol. The van der Waals surface area contributed by atoms with Gasteiger partial charge in [-0.05, 0) is 184 Å². The van der Waals surface area contributed by atoms with E-state index in [1.807, 2.05) is 20.8 Å². The molecule has 0 aliphatic carbocycles. The first-order chi connectivity index (χ1) is 41.3. The second-order valence-electron chi connectivity index (χ2n) is 20.4. The quantitative estimate of drug-likeness (QED) is 0.0256. The Labute approximate surface area is 528 Å². The maximum atomic E-state index is 13.8. The maximum Gasteiger partial charge on any atom is 0.320 e. The third-order valence-corrected chi connectivity index (χ3v) is 16.9. The largest absolute Gasteiger partial charge is 0.461 e. The summed E-state index contributed by atoms with van der Waals surface area (Å²) >= 11 is 5.06. The van der Waals surface area contributed by atoms with Crippen molar-refractivity contribution in [1.29, 1.82) is 0 Å². The molecule has 4 unspecified atom stereocenters. The Bertz CT molecular complexity index is 2030. The number of thioether (sulfide) groups is 3. The number of rotatable bonds is 56. The topological polar surface area (TPSA) is 78.9 Å². The van der Waals surface area contributed by atoms with Crippen LogP contribution in [0, 0.1) is 5.92 Å². The molecular formula is C75H116O6S3. The zero-order valence-electron chi connectivity index (χ0n) is 53.4. The molecule has 0 aromatic rings. The fourth-order valence-electron chi connectivity index (χ4n) is 7.58. The molecule has 84 heavy (non-hydrogen) atoms. The van der Waals surface area contributed by atoms with Gasteiger partial charge in [-0.25, -0.2) is 0 Å². The molecule has 0 aromatic heterocycles. The number of hydrogen-bond donors (Lipinski definition) is 0. The van der Waals surface area contributed by atoms with E-state index in [1.54, 1.807) is 35.3 Å². The van der Waals surface area contributed by atoms with Crippen LogP contribution >= 0.6 is 35.3 Å². The van der Waals surface area contributed by atoms with Crippen LogP contribution in [0.1, 0.15) is 208 Å². The van der Waals surface area contributed by atoms with Gasteiger partial charge in [0, 0.05) is 5.75 Å². The van der Waals surface area contributed by atoms with Crippen LogP contribution in [0.25, 0.3) is 0 Å². The number of carbonyl (C=O) groups excluding carboxylic acids is 3. The van der Waals surface area contributed by atoms with Crippen LogP contribution in [0.3, 0.4) is 0 Å². The fourth-order valence-corrected chi connectivity index (χ4v) is 11.1. The Morgan fingerprint density at radius 1 is 0.333 bits per heavy atom. The third kappa shape index (κ3) is 56.7. The van der Waals surface area contributed by atoms with Gasteiger partial charge in [-0.1, -0.05) is 224 Å². The van der Waals surface area contributed by atoms with E-state index in [4.69, 9.17) is 14.2 Å². The van der Waals surface area contributed by atoms with E-state index in [-0.39, 0.29) is 47.5 Å². The highest BCUT2D eigenvalue weighted by Crippen LogP contribution is 2.23. The first-order valence-corrected chi connectivity index (χ1v) is 35.7. The Kier molecular flexibility index (Phi) is 62.6. The van der Waals surface area contributed by atoms with Gasteiger partial charge in [0.2, 0.25) is 0 Å². The maximum absolute atomic E-state index is 13.8. The van der Waals surface area contributed by atoms with Gasteiger partial charge in [-0.15, -0.1) is 23.5 Å². The molecule has 0 heterocycles. The zero-order chi connectivity index (χ0) is 61.1. The molecule has 0 bridgehead atoms. The van der Waals surface area contributed by atoms with Gasteiger partial charge < -0.3 is 14.2 Å². The summed E-state index contributed by atoms with van der Waals surface area (Å²) in [6.45, 7) is 11.9. The standard InChI is InChI=1S/C75H116O6S3/c1-7-12-15-18-21-24-27-30-33-36-39-42-45-48-51-54-57-60-63-82-68-72(84-65-62-59-56-53-50-47-44-41-38-35-32-29-26-23-20-17-14-9-3)75(78)80-67-70(81-73(76)69(6)10-4)66-79-74(77)71(11-5)83-64-61-58-55-52-49-46-43-40-37-34-31-28-25-22-19-16-13-8-2/h12-17,21-26,30-35,39-44,48-53,69-72H,7-11,18-20,27-29,36-38,45-47,54-68H2,1-6H3/b15-12-,16-13-,17-14-,24-21-,25-22-,26-23-,33-30-,34-31-,35-32-,42-39-,43-40-,44-41-,51-48-,52-49-,53-50-. The molecule has 0 aromatic carbocycles. The zero-order valence-corrected chi connectivity index (χ0v) is 55.9. The molecule has 4 atom stereocenters. The Balaban J connectivity index is 5.21. The van der Waals surface area contributed by atoms with Crippen LogP contribution in [0.4, 0.5) is 0 Å². The Hall–Kier alpha value is -4.44. The second-order valence-corrected chi connectivity index (χ2v) is 24.2. The summed E-state index contributed by atoms with van der Waals surface area (Å²) in [5.74, 6) is 1.95. The van der Waals surface area contributed by atoms with E-state index in [2.05, 4.69) is 203 Å². The van der Waals surface area contributed by atoms with Crippen LogP contribution in [-0.4, -0.2) is 70.7 Å². The monoisotopic (exact) mass is 1210 g/mol. The first kappa shape index (κ1) is 79.6. The molecule has 0 amide bonds. The predicted octanol–water partition coefficient (Wildman–Crippen LogP) is 22.1. The minimum Gasteiger partial charge on any atom is -0.461 e. The summed E-state index contributed by atoms with van der Waals surface area (Å²) < 4.78 is 17.6. The average molecular weight is 1210 g/mol. The molecule has 0 spiro atoms. The van der Waals surface area contributed by atoms with Crippen LogP contribution in [0.5, 0.6) is 0 Å². The minimum absolute atomic E-state index is 0.157. The molecule has 0 saturated carbocycles. The van der Waals surface area contributed by atoms with E-state index in [0.717, 1.165) is 171 Å². The second kappa shape index (κ2) is 66.1. The molecule has 470 valence electrons. The van der Waals surface area contributed by atoms with Crippen molar-refractivity contribution in [3.05, 3.63) is 182 Å². The normalized spacial score (nSPS) is 14.5. The lowest BCUT2D eigenvalue weighted by Gasteiger charge is -2.22. The molecular weight excluding hydrogens is 1090 g/mol. The molecule has 6 nitrogen and oxygen atoms in total. The molecule has 0 saturated heterocycles. The summed E-state index contributed by atoms with van der Waals surface area (Å²) in [7, 11) is 0. The van der Waals surface area contributed by atoms with Crippen LogP contribution in [-0.2, 0) is 28.6 Å². The first-order valence-electron chi connectivity index (χ1n) is 32.4. The number of ether oxygens (including phenoxy) is 3. The van der Waals surface area contributed by atoms with Crippen molar-refractivity contribution in [2.75, 3.05) is 36.2 Å². The number of hydrogen-bond acceptors (Lipinski definition) is 9. The number of allylic oxidation sites excluding steroid dienone is 30. The van der Waals surface area contributed by atoms with Crippen molar-refractivity contribution >= 4 is 53.2 Å². The number of esters is 3. The summed E-state index contributed by atoms with van der Waals surface area (Å²) in [6.07, 6.45) is 91.2. The van der Waals surface area contributed by atoms with E-state index in [0.29, 0.717) is 18.6 Å². The fraction of sp³-hybridized carbons (Fsp3) is 0.560. The average Bonchev–Trinajstić information content (AvgIpc) is 3.53. The van der Waals surface area contributed by atoms with Crippen LogP contribution in [0.15, 0.2) is 182 Å². The van der Waals surface area contributed by atoms with Gasteiger partial charge in [-0.3, -0.25) is 14.4 Å². The molecule has 0 N–H and O–H groups in total. The van der Waals surface area contributed by atoms with Gasteiger partial charge in [0.05, 0.1) is 5.92 Å². The molecule has 0 aliphatic heterocycles. The number of carbonyl (C=O) groups is 3. The van der Waals surface area contributed by atoms with Gasteiger partial charge in [0.25, 0.3) is 0 Å². The highest BCUT2D eigenvalue weighted by Gasteiger charge is 2.27. The lowest BCUT2D eigenvalue weighted by Crippen LogP contribution is -2.35. The van der Waals surface area contributed by atoms with E-state index in [9.17, 15) is 14.4 Å². The van der Waals surface area contributed by atoms with Gasteiger partial charge in [0.1, 0.15) is 23.7 Å². The third-order valence-electron chi connectivity index (χ3n) is 12.8. The highest BCUT2D eigenvalue weighted by molar-refractivity contribution is 8.03. The van der Waals surface area contributed by atoms with Crippen molar-refractivity contribution in [1.82, 2.24) is 0 Å². The minimum atomic E-state index is -0.886. The van der Waals surface area contributed by atoms with Crippen molar-refractivity contribution in [3.63, 3.8) is 0 Å². The summed E-state index contributed by atoms with van der Waals surface area (Å²) in [5.41, 5.74) is 0. The van der Waals surface area contributed by atoms with Crippen molar-refractivity contribution < 1.29 is 28.6 Å². The molecule has 0 fully saturated rings. The van der Waals surface area contributed by atoms with Crippen molar-refractivity contribution in [2.45, 2.75) is 225 Å². The van der Waals surface area contributed by atoms with Gasteiger partial charge >= 0.3 is 17.9 Å². The van der Waals surface area contributed by atoms with E-state index in [1.165, 1.54) is 0 Å². The van der Waals surface area contributed by atoms with Crippen LogP contribution in [0.2, 0.25) is 0 Å². The Morgan fingerprint density at radius 2 is 0.619 bits per heavy atom. The summed E-state index contributed by atoms with van der Waals surface area (Å²) in [4.78, 5) is 40.3. The molecule has 0 rings (SSSR count). The molecule has 9 heteroatoms. The van der Waals surface area contributed by atoms with E-state index >= 15 is 0 Å². The van der Waals surface area contributed by atoms with Crippen molar-refractivity contribution in [3.8, 4) is 0 Å². The lowest BCUT2D eigenvalue weighted by atomic mass is 10.1. The number of unbranched alkanes of at least 4 members (excludes halogenated alkanes) is 6. The molecule has 0 radical (unpaired) electrons. The van der Waals surface area contributed by atoms with Gasteiger partial charge in [-0.2, -0.15) is 11.8 Å². The van der Waals surface area contributed by atoms with Crippen molar-refractivity contribution in [2.24, 2.45) is 5.92 Å². The highest BCUT2D eigenvalue weighted by atomic mass is 32.2. The smallest absolute Gasteiger partial charge is 0.320 e. The Morgan fingerprint density at radius 3 is 0.929 bits per heavy atom. The van der Waals surface area contributed by atoms with E-state index < -0.39 is 6.10 Å². The lowest BCUT2D eigenvalue weighted by molar-refractivity contribution is -0.169. The molecule has 0 aliphatic rings. The van der Waals surface area contributed by atoms with Gasteiger partial charge in [0.15, 0.2) is 6.10 Å².